The quantitative estimate of drug-likeness (QED) is 0.875. The Morgan fingerprint density at radius 2 is 2.11 bits per heavy atom. The normalized spacial score (nSPS) is 20.2. The predicted octanol–water partition coefficient (Wildman–Crippen LogP) is 1.18. The molecule has 1 aliphatic heterocycles. The van der Waals surface area contributed by atoms with Gasteiger partial charge in [0.1, 0.15) is 0 Å². The molecule has 0 unspecified atom stereocenters. The fraction of sp³-hybridized carbons (Fsp3) is 0.250. The van der Waals surface area contributed by atoms with Gasteiger partial charge in [0.25, 0.3) is 0 Å². The van der Waals surface area contributed by atoms with Crippen LogP contribution in [0.25, 0.3) is 0 Å². The van der Waals surface area contributed by atoms with Crippen molar-refractivity contribution >= 4 is 33.0 Å². The summed E-state index contributed by atoms with van der Waals surface area (Å²) in [7, 11) is -3.15. The van der Waals surface area contributed by atoms with Gasteiger partial charge in [-0.05, 0) is 18.2 Å². The van der Waals surface area contributed by atoms with Crippen LogP contribution >= 0.6 is 11.6 Å². The molecule has 1 aromatic carbocycles. The highest BCUT2D eigenvalue weighted by molar-refractivity contribution is 7.94. The third-order valence-corrected chi connectivity index (χ3v) is 4.31. The first-order chi connectivity index (χ1) is 8.96. The number of anilines is 1. The standard InChI is InChI=1S/C12H13ClN2O3S/c13-10-3-1-2-4-11(10)14-7-12(16)15-9-5-6-19(17,18)8-9/h1-6,9,14H,7-8H2,(H,15,16)/t9-/m0/s1. The maximum absolute atomic E-state index is 11.6. The summed E-state index contributed by atoms with van der Waals surface area (Å²) in [5, 5.41) is 7.15. The average Bonchev–Trinajstić information content (AvgIpc) is 2.67. The summed E-state index contributed by atoms with van der Waals surface area (Å²) in [5.74, 6) is -0.364. The lowest BCUT2D eigenvalue weighted by molar-refractivity contribution is -0.119. The van der Waals surface area contributed by atoms with Crippen LogP contribution in [0.15, 0.2) is 35.7 Å². The molecule has 5 nitrogen and oxygen atoms in total. The summed E-state index contributed by atoms with van der Waals surface area (Å²) < 4.78 is 22.4. The van der Waals surface area contributed by atoms with E-state index >= 15 is 0 Å². The minimum Gasteiger partial charge on any atom is -0.375 e. The van der Waals surface area contributed by atoms with Crippen molar-refractivity contribution in [3.05, 3.63) is 40.8 Å². The van der Waals surface area contributed by atoms with Gasteiger partial charge in [-0.25, -0.2) is 8.42 Å². The number of halogens is 1. The molecule has 1 aromatic rings. The molecule has 0 spiro atoms. The smallest absolute Gasteiger partial charge is 0.239 e. The van der Waals surface area contributed by atoms with E-state index in [0.717, 1.165) is 5.41 Å². The number of carbonyl (C=O) groups excluding carboxylic acids is 1. The molecule has 0 aliphatic carbocycles. The number of carbonyl (C=O) groups is 1. The Bertz CT molecular complexity index is 613. The molecule has 2 N–H and O–H groups in total. The Kier molecular flexibility index (Phi) is 4.11. The Morgan fingerprint density at radius 3 is 2.74 bits per heavy atom. The SMILES string of the molecule is O=C(CNc1ccccc1Cl)N[C@H]1C=CS(=O)(=O)C1. The molecule has 0 fully saturated rings. The van der Waals surface area contributed by atoms with Crippen LogP contribution in [0.1, 0.15) is 0 Å². The summed E-state index contributed by atoms with van der Waals surface area (Å²) in [6.45, 7) is 0.0358. The van der Waals surface area contributed by atoms with Crippen LogP contribution < -0.4 is 10.6 Å². The maximum Gasteiger partial charge on any atom is 0.239 e. The Hall–Kier alpha value is -1.53. The van der Waals surface area contributed by atoms with Crippen LogP contribution in [-0.4, -0.2) is 32.7 Å². The van der Waals surface area contributed by atoms with E-state index in [0.29, 0.717) is 10.7 Å². The van der Waals surface area contributed by atoms with Crippen molar-refractivity contribution in [2.24, 2.45) is 0 Å². The van der Waals surface area contributed by atoms with Crippen LogP contribution in [0.5, 0.6) is 0 Å². The van der Waals surface area contributed by atoms with E-state index < -0.39 is 15.9 Å². The number of para-hydroxylation sites is 1. The summed E-state index contributed by atoms with van der Waals surface area (Å²) in [4.78, 5) is 11.6. The summed E-state index contributed by atoms with van der Waals surface area (Å²) in [6, 6.07) is 6.62. The van der Waals surface area contributed by atoms with Gasteiger partial charge in [0, 0.05) is 5.41 Å². The first-order valence-corrected chi connectivity index (χ1v) is 7.74. The van der Waals surface area contributed by atoms with Gasteiger partial charge in [0.2, 0.25) is 5.91 Å². The number of hydrogen-bond acceptors (Lipinski definition) is 4. The average molecular weight is 301 g/mol. The zero-order valence-electron chi connectivity index (χ0n) is 9.97. The fourth-order valence-electron chi connectivity index (χ4n) is 1.70. The highest BCUT2D eigenvalue weighted by Crippen LogP contribution is 2.19. The molecule has 1 amide bonds. The first kappa shape index (κ1) is 13.9. The molecule has 0 saturated heterocycles. The molecule has 102 valence electrons. The summed E-state index contributed by atoms with van der Waals surface area (Å²) in [5.41, 5.74) is 0.661. The predicted molar refractivity (Wildman–Crippen MR) is 74.8 cm³/mol. The molecule has 1 atom stereocenters. The molecular weight excluding hydrogens is 288 g/mol. The lowest BCUT2D eigenvalue weighted by Gasteiger charge is -2.11. The fourth-order valence-corrected chi connectivity index (χ4v) is 3.14. The van der Waals surface area contributed by atoms with Crippen molar-refractivity contribution in [3.8, 4) is 0 Å². The highest BCUT2D eigenvalue weighted by Gasteiger charge is 2.22. The summed E-state index contributed by atoms with van der Waals surface area (Å²) in [6.07, 6.45) is 1.47. The Labute approximate surface area is 116 Å². The van der Waals surface area contributed by atoms with Crippen LogP contribution in [0, 0.1) is 0 Å². The monoisotopic (exact) mass is 300 g/mol. The molecule has 0 aromatic heterocycles. The van der Waals surface area contributed by atoms with E-state index in [9.17, 15) is 13.2 Å². The van der Waals surface area contributed by atoms with E-state index in [2.05, 4.69) is 10.6 Å². The van der Waals surface area contributed by atoms with E-state index in [4.69, 9.17) is 11.6 Å². The molecule has 7 heteroatoms. The second kappa shape index (κ2) is 5.63. The molecule has 19 heavy (non-hydrogen) atoms. The van der Waals surface area contributed by atoms with Gasteiger partial charge in [0.05, 0.1) is 29.0 Å². The van der Waals surface area contributed by atoms with Crippen LogP contribution in [0.4, 0.5) is 5.69 Å². The maximum atomic E-state index is 11.6. The van der Waals surface area contributed by atoms with Crippen molar-refractivity contribution < 1.29 is 13.2 Å². The highest BCUT2D eigenvalue weighted by atomic mass is 35.5. The second-order valence-corrected chi connectivity index (χ2v) is 6.50. The van der Waals surface area contributed by atoms with E-state index in [1.807, 2.05) is 0 Å². The van der Waals surface area contributed by atoms with Gasteiger partial charge in [-0.1, -0.05) is 23.7 Å². The Morgan fingerprint density at radius 1 is 1.37 bits per heavy atom. The van der Waals surface area contributed by atoms with Gasteiger partial charge in [-0.15, -0.1) is 0 Å². The van der Waals surface area contributed by atoms with Crippen LogP contribution in [0.3, 0.4) is 0 Å². The minimum absolute atomic E-state index is 0.0358. The number of nitrogens with one attached hydrogen (secondary N) is 2. The zero-order valence-corrected chi connectivity index (χ0v) is 11.5. The second-order valence-electron chi connectivity index (χ2n) is 4.17. The molecular formula is C12H13ClN2O3S. The topological polar surface area (TPSA) is 75.3 Å². The molecule has 1 aliphatic rings. The molecule has 1 heterocycles. The third-order valence-electron chi connectivity index (χ3n) is 2.59. The lowest BCUT2D eigenvalue weighted by atomic mass is 10.3. The van der Waals surface area contributed by atoms with E-state index in [1.165, 1.54) is 6.08 Å². The number of rotatable bonds is 4. The van der Waals surface area contributed by atoms with Crippen LogP contribution in [0.2, 0.25) is 5.02 Å². The van der Waals surface area contributed by atoms with Gasteiger partial charge < -0.3 is 10.6 Å². The largest absolute Gasteiger partial charge is 0.375 e. The van der Waals surface area contributed by atoms with Gasteiger partial charge in [0.15, 0.2) is 9.84 Å². The third kappa shape index (κ3) is 3.97. The van der Waals surface area contributed by atoms with Gasteiger partial charge in [-0.3, -0.25) is 4.79 Å². The minimum atomic E-state index is -3.15. The van der Waals surface area contributed by atoms with Crippen LogP contribution in [-0.2, 0) is 14.6 Å². The van der Waals surface area contributed by atoms with Crippen molar-refractivity contribution in [3.63, 3.8) is 0 Å². The zero-order chi connectivity index (χ0) is 13.9. The van der Waals surface area contributed by atoms with Crippen molar-refractivity contribution in [1.82, 2.24) is 5.32 Å². The van der Waals surface area contributed by atoms with E-state index in [1.54, 1.807) is 24.3 Å². The van der Waals surface area contributed by atoms with Gasteiger partial charge >= 0.3 is 0 Å². The number of amides is 1. The molecule has 0 radical (unpaired) electrons. The number of benzene rings is 1. The number of sulfone groups is 1. The number of hydrogen-bond donors (Lipinski definition) is 2. The molecule has 0 saturated carbocycles. The molecule has 0 bridgehead atoms. The Balaban J connectivity index is 1.83. The van der Waals surface area contributed by atoms with Crippen molar-refractivity contribution in [2.75, 3.05) is 17.6 Å². The lowest BCUT2D eigenvalue weighted by Crippen LogP contribution is -2.38. The van der Waals surface area contributed by atoms with Crippen molar-refractivity contribution in [2.45, 2.75) is 6.04 Å². The summed E-state index contributed by atoms with van der Waals surface area (Å²) >= 11 is 5.93. The van der Waals surface area contributed by atoms with E-state index in [-0.39, 0.29) is 18.2 Å². The van der Waals surface area contributed by atoms with Crippen molar-refractivity contribution in [1.29, 1.82) is 0 Å². The molecule has 2 rings (SSSR count). The first-order valence-electron chi connectivity index (χ1n) is 5.65. The van der Waals surface area contributed by atoms with Gasteiger partial charge in [-0.2, -0.15) is 0 Å².